The first-order chi connectivity index (χ1) is 27.2. The number of aromatic nitrogens is 4. The summed E-state index contributed by atoms with van der Waals surface area (Å²) in [4.78, 5) is 56.4. The number of piperidine rings is 4. The van der Waals surface area contributed by atoms with E-state index in [1.165, 1.54) is 30.8 Å². The summed E-state index contributed by atoms with van der Waals surface area (Å²) in [5.74, 6) is -1.80. The Kier molecular flexibility index (Phi) is 10.8. The number of nitrogen functional groups attached to an aromatic ring is 1. The fourth-order valence-electron chi connectivity index (χ4n) is 8.52. The van der Waals surface area contributed by atoms with Gasteiger partial charge in [0.2, 0.25) is 11.8 Å². The van der Waals surface area contributed by atoms with E-state index < -0.39 is 23.7 Å². The highest BCUT2D eigenvalue weighted by molar-refractivity contribution is 6.08. The zero-order chi connectivity index (χ0) is 38.8. The maximum absolute atomic E-state index is 15.1. The second-order valence-corrected chi connectivity index (χ2v) is 15.5. The standard InChI is InChI=1S/C40H48FN11O4/c41-31-20-29(4-5-30(31)39(55)44-32-6-7-37(53)46-40(32)56)50-16-8-25(9-17-50)23-49-14-10-28(11-15-49)52-24-27-18-34(45-38(54)26-19-36(42)47-43-22-26)35(21-33(27)48-52)51-12-2-1-3-13-51/h4-5,18-22,24-25,28,32H,1-3,6-17,23H2,(H2,42,47)(H,44,55)(H,45,54)(H,46,53,56)/t32-/m0/s1. The molecule has 2 aromatic carbocycles. The summed E-state index contributed by atoms with van der Waals surface area (Å²) >= 11 is 0. The van der Waals surface area contributed by atoms with Crippen molar-refractivity contribution in [3.8, 4) is 0 Å². The van der Waals surface area contributed by atoms with Gasteiger partial charge in [0.1, 0.15) is 17.7 Å². The monoisotopic (exact) mass is 765 g/mol. The van der Waals surface area contributed by atoms with Gasteiger partial charge in [0.15, 0.2) is 0 Å². The van der Waals surface area contributed by atoms with Crippen molar-refractivity contribution in [2.75, 3.05) is 66.7 Å². The number of carbonyl (C=O) groups excluding carboxylic acids is 4. The van der Waals surface area contributed by atoms with Crippen LogP contribution in [0.15, 0.2) is 48.8 Å². The van der Waals surface area contributed by atoms with Crippen LogP contribution in [0.2, 0.25) is 0 Å². The molecule has 15 nitrogen and oxygen atoms in total. The number of anilines is 4. The van der Waals surface area contributed by atoms with Gasteiger partial charge in [-0.25, -0.2) is 4.39 Å². The first-order valence-corrected chi connectivity index (χ1v) is 19.8. The average Bonchev–Trinajstić information content (AvgIpc) is 3.62. The number of likely N-dealkylation sites (tertiary alicyclic amines) is 1. The van der Waals surface area contributed by atoms with Gasteiger partial charge in [0.25, 0.3) is 11.8 Å². The topological polar surface area (TPSA) is 184 Å². The normalized spacial score (nSPS) is 20.3. The van der Waals surface area contributed by atoms with E-state index in [1.54, 1.807) is 6.07 Å². The molecule has 8 rings (SSSR count). The van der Waals surface area contributed by atoms with Gasteiger partial charge < -0.3 is 31.1 Å². The summed E-state index contributed by atoms with van der Waals surface area (Å²) in [6, 6.07) is 9.71. The first kappa shape index (κ1) is 37.3. The van der Waals surface area contributed by atoms with Gasteiger partial charge in [-0.05, 0) is 93.7 Å². The molecule has 0 saturated carbocycles. The molecule has 4 aromatic rings. The highest BCUT2D eigenvalue weighted by atomic mass is 19.1. The third-order valence-electron chi connectivity index (χ3n) is 11.7. The minimum Gasteiger partial charge on any atom is -0.382 e. The maximum Gasteiger partial charge on any atom is 0.257 e. The van der Waals surface area contributed by atoms with E-state index in [4.69, 9.17) is 10.8 Å². The van der Waals surface area contributed by atoms with E-state index in [0.29, 0.717) is 11.5 Å². The van der Waals surface area contributed by atoms with Crippen LogP contribution in [0.3, 0.4) is 0 Å². The van der Waals surface area contributed by atoms with Crippen LogP contribution in [0.4, 0.5) is 27.3 Å². The number of nitrogens with zero attached hydrogens (tertiary/aromatic N) is 7. The second kappa shape index (κ2) is 16.2. The molecular formula is C40H48FN11O4. The van der Waals surface area contributed by atoms with Gasteiger partial charge in [-0.3, -0.25) is 29.2 Å². The van der Waals surface area contributed by atoms with Crippen LogP contribution in [0.1, 0.15) is 84.5 Å². The second-order valence-electron chi connectivity index (χ2n) is 15.5. The molecule has 0 spiro atoms. The Morgan fingerprint density at radius 1 is 0.893 bits per heavy atom. The molecule has 2 aromatic heterocycles. The van der Waals surface area contributed by atoms with Crippen LogP contribution < -0.4 is 31.5 Å². The predicted octanol–water partition coefficient (Wildman–Crippen LogP) is 3.88. The number of amides is 4. The molecule has 0 aliphatic carbocycles. The highest BCUT2D eigenvalue weighted by Gasteiger charge is 2.30. The van der Waals surface area contributed by atoms with E-state index >= 15 is 4.39 Å². The minimum atomic E-state index is -0.859. The number of carbonyl (C=O) groups is 4. The van der Waals surface area contributed by atoms with Gasteiger partial charge in [0, 0.05) is 69.5 Å². The number of rotatable bonds is 9. The summed E-state index contributed by atoms with van der Waals surface area (Å²) < 4.78 is 17.2. The molecule has 4 saturated heterocycles. The molecule has 294 valence electrons. The number of benzene rings is 2. The number of hydrogen-bond donors (Lipinski definition) is 4. The molecule has 0 bridgehead atoms. The van der Waals surface area contributed by atoms with Crippen molar-refractivity contribution in [3.05, 3.63) is 65.7 Å². The quantitative estimate of drug-likeness (QED) is 0.182. The molecule has 0 radical (unpaired) electrons. The summed E-state index contributed by atoms with van der Waals surface area (Å²) in [5, 5.41) is 21.5. The highest BCUT2D eigenvalue weighted by Crippen LogP contribution is 2.35. The van der Waals surface area contributed by atoms with E-state index in [1.807, 2.05) is 6.07 Å². The maximum atomic E-state index is 15.1. The first-order valence-electron chi connectivity index (χ1n) is 19.8. The largest absolute Gasteiger partial charge is 0.382 e. The lowest BCUT2D eigenvalue weighted by molar-refractivity contribution is -0.134. The van der Waals surface area contributed by atoms with Gasteiger partial charge in [-0.15, -0.1) is 5.10 Å². The summed E-state index contributed by atoms with van der Waals surface area (Å²) in [6.45, 7) is 6.46. The van der Waals surface area contributed by atoms with Crippen molar-refractivity contribution < 1.29 is 23.6 Å². The van der Waals surface area contributed by atoms with Crippen LogP contribution in [0.5, 0.6) is 0 Å². The minimum absolute atomic E-state index is 0.123. The van der Waals surface area contributed by atoms with Crippen LogP contribution in [-0.2, 0) is 9.59 Å². The zero-order valence-electron chi connectivity index (χ0n) is 31.4. The summed E-state index contributed by atoms with van der Waals surface area (Å²) in [6.07, 6.45) is 11.2. The summed E-state index contributed by atoms with van der Waals surface area (Å²) in [5.41, 5.74) is 9.40. The average molecular weight is 766 g/mol. The number of nitrogens with one attached hydrogen (secondary N) is 3. The Morgan fingerprint density at radius 3 is 2.41 bits per heavy atom. The van der Waals surface area contributed by atoms with Gasteiger partial charge in [0.05, 0.1) is 40.3 Å². The Bertz CT molecular complexity index is 2120. The van der Waals surface area contributed by atoms with Crippen molar-refractivity contribution in [2.45, 2.75) is 69.9 Å². The smallest absolute Gasteiger partial charge is 0.257 e. The molecule has 1 atom stereocenters. The number of fused-ring (bicyclic) bond motifs is 1. The SMILES string of the molecule is Nc1cc(C(=O)Nc2cc3cn(C4CCN(CC5CCN(c6ccc(C(=O)N[C@H]7CCC(=O)NC7=O)c(F)c6)CC5)CC4)nc3cc2N2CCCCC2)cnn1. The van der Waals surface area contributed by atoms with Gasteiger partial charge in [-0.2, -0.15) is 10.2 Å². The van der Waals surface area contributed by atoms with Crippen molar-refractivity contribution in [1.82, 2.24) is 35.5 Å². The molecule has 4 aliphatic heterocycles. The van der Waals surface area contributed by atoms with E-state index in [2.05, 4.69) is 57.8 Å². The molecule has 4 fully saturated rings. The van der Waals surface area contributed by atoms with Gasteiger partial charge in [-0.1, -0.05) is 0 Å². The van der Waals surface area contributed by atoms with Crippen LogP contribution in [0.25, 0.3) is 10.9 Å². The number of imide groups is 1. The Labute approximate surface area is 324 Å². The van der Waals surface area contributed by atoms with E-state index in [0.717, 1.165) is 112 Å². The molecule has 0 unspecified atom stereocenters. The molecule has 16 heteroatoms. The summed E-state index contributed by atoms with van der Waals surface area (Å²) in [7, 11) is 0. The fraction of sp³-hybridized carbons (Fsp3) is 0.475. The molecule has 4 amide bonds. The fourth-order valence-corrected chi connectivity index (χ4v) is 8.52. The molecule has 4 aliphatic rings. The van der Waals surface area contributed by atoms with Crippen molar-refractivity contribution >= 4 is 57.4 Å². The van der Waals surface area contributed by atoms with Crippen molar-refractivity contribution in [2.24, 2.45) is 5.92 Å². The predicted molar refractivity (Wildman–Crippen MR) is 210 cm³/mol. The lowest BCUT2D eigenvalue weighted by Crippen LogP contribution is -2.52. The number of halogens is 1. The van der Waals surface area contributed by atoms with E-state index in [-0.39, 0.29) is 42.1 Å². The third kappa shape index (κ3) is 8.29. The molecule has 5 N–H and O–H groups in total. The van der Waals surface area contributed by atoms with E-state index in [9.17, 15) is 19.2 Å². The van der Waals surface area contributed by atoms with Crippen molar-refractivity contribution in [1.29, 1.82) is 0 Å². The van der Waals surface area contributed by atoms with Gasteiger partial charge >= 0.3 is 0 Å². The van der Waals surface area contributed by atoms with Crippen LogP contribution in [0, 0.1) is 11.7 Å². The Hall–Kier alpha value is -5.64. The Morgan fingerprint density at radius 2 is 1.68 bits per heavy atom. The molecule has 6 heterocycles. The molecule has 56 heavy (non-hydrogen) atoms. The lowest BCUT2D eigenvalue weighted by Gasteiger charge is -2.38. The zero-order valence-corrected chi connectivity index (χ0v) is 31.4. The molecular weight excluding hydrogens is 718 g/mol. The number of nitrogens with two attached hydrogens (primary N) is 1. The van der Waals surface area contributed by atoms with Crippen LogP contribution >= 0.6 is 0 Å². The third-order valence-corrected chi connectivity index (χ3v) is 11.7. The Balaban J connectivity index is 0.846. The van der Waals surface area contributed by atoms with Crippen LogP contribution in [-0.4, -0.2) is 100 Å². The lowest BCUT2D eigenvalue weighted by atomic mass is 9.94. The number of hydrogen-bond acceptors (Lipinski definition) is 11. The van der Waals surface area contributed by atoms with Crippen molar-refractivity contribution in [3.63, 3.8) is 0 Å².